The molecule has 17 heavy (non-hydrogen) atoms. The van der Waals surface area contributed by atoms with E-state index in [1.807, 2.05) is 0 Å². The van der Waals surface area contributed by atoms with Crippen LogP contribution in [0.2, 0.25) is 0 Å². The number of nitrogens with one attached hydrogen (secondary N) is 1. The van der Waals surface area contributed by atoms with Gasteiger partial charge in [0.25, 0.3) is 0 Å². The van der Waals surface area contributed by atoms with E-state index < -0.39 is 0 Å². The highest BCUT2D eigenvalue weighted by atomic mass is 15.1. The molecule has 2 fully saturated rings. The highest BCUT2D eigenvalue weighted by Gasteiger charge is 2.30. The second-order valence-electron chi connectivity index (χ2n) is 6.19. The van der Waals surface area contributed by atoms with Gasteiger partial charge < -0.3 is 16.0 Å². The minimum absolute atomic E-state index is 0.685. The molecule has 1 saturated heterocycles. The number of hydrogen-bond acceptors (Lipinski definition) is 3. The van der Waals surface area contributed by atoms with Gasteiger partial charge in [-0.2, -0.15) is 0 Å². The summed E-state index contributed by atoms with van der Waals surface area (Å²) in [6, 6.07) is 1.40. The third-order valence-corrected chi connectivity index (χ3v) is 4.75. The van der Waals surface area contributed by atoms with Gasteiger partial charge in [-0.3, -0.25) is 0 Å². The Morgan fingerprint density at radius 2 is 1.94 bits per heavy atom. The van der Waals surface area contributed by atoms with Crippen molar-refractivity contribution >= 4 is 0 Å². The van der Waals surface area contributed by atoms with Crippen LogP contribution in [0.1, 0.15) is 39.0 Å². The van der Waals surface area contributed by atoms with Crippen LogP contribution < -0.4 is 11.1 Å². The van der Waals surface area contributed by atoms with Gasteiger partial charge in [0, 0.05) is 18.6 Å². The van der Waals surface area contributed by atoms with Gasteiger partial charge in [-0.25, -0.2) is 0 Å². The Labute approximate surface area is 106 Å². The van der Waals surface area contributed by atoms with E-state index in [0.29, 0.717) is 12.1 Å². The summed E-state index contributed by atoms with van der Waals surface area (Å²) in [5.41, 5.74) is 5.91. The van der Waals surface area contributed by atoms with Gasteiger partial charge >= 0.3 is 0 Å². The number of hydrogen-bond donors (Lipinski definition) is 2. The standard InChI is InChI=1S/C14H29N3/c1-11-10-17(2)8-7-13(11)16-14-6-4-3-5-12(14)9-15/h11-14,16H,3-10,15H2,1-2H3. The number of piperidine rings is 1. The minimum Gasteiger partial charge on any atom is -0.330 e. The monoisotopic (exact) mass is 239 g/mol. The molecule has 0 aromatic rings. The summed E-state index contributed by atoms with van der Waals surface area (Å²) in [7, 11) is 2.23. The predicted octanol–water partition coefficient (Wildman–Crippen LogP) is 1.43. The van der Waals surface area contributed by atoms with Crippen molar-refractivity contribution in [1.82, 2.24) is 10.2 Å². The van der Waals surface area contributed by atoms with E-state index >= 15 is 0 Å². The van der Waals surface area contributed by atoms with Crippen LogP contribution in [0.5, 0.6) is 0 Å². The second-order valence-corrected chi connectivity index (χ2v) is 6.19. The van der Waals surface area contributed by atoms with Crippen molar-refractivity contribution in [3.05, 3.63) is 0 Å². The molecule has 0 bridgehead atoms. The third-order valence-electron chi connectivity index (χ3n) is 4.75. The minimum atomic E-state index is 0.685. The molecular weight excluding hydrogens is 210 g/mol. The summed E-state index contributed by atoms with van der Waals surface area (Å²) in [5, 5.41) is 3.92. The number of likely N-dealkylation sites (tertiary alicyclic amines) is 1. The molecule has 1 aliphatic carbocycles. The zero-order chi connectivity index (χ0) is 12.3. The van der Waals surface area contributed by atoms with Crippen LogP contribution in [0.25, 0.3) is 0 Å². The fourth-order valence-corrected chi connectivity index (χ4v) is 3.59. The van der Waals surface area contributed by atoms with Crippen LogP contribution in [0.3, 0.4) is 0 Å². The lowest BCUT2D eigenvalue weighted by Crippen LogP contribution is -2.53. The quantitative estimate of drug-likeness (QED) is 0.783. The lowest BCUT2D eigenvalue weighted by molar-refractivity contribution is 0.144. The zero-order valence-electron chi connectivity index (χ0n) is 11.5. The topological polar surface area (TPSA) is 41.3 Å². The smallest absolute Gasteiger partial charge is 0.0120 e. The molecule has 0 radical (unpaired) electrons. The molecule has 4 unspecified atom stereocenters. The first kappa shape index (κ1) is 13.3. The van der Waals surface area contributed by atoms with Crippen LogP contribution in [-0.2, 0) is 0 Å². The van der Waals surface area contributed by atoms with E-state index in [0.717, 1.165) is 18.4 Å². The van der Waals surface area contributed by atoms with E-state index in [4.69, 9.17) is 5.73 Å². The van der Waals surface area contributed by atoms with Crippen molar-refractivity contribution in [2.24, 2.45) is 17.6 Å². The van der Waals surface area contributed by atoms with Crippen LogP contribution in [0.15, 0.2) is 0 Å². The molecule has 3 N–H and O–H groups in total. The molecular formula is C14H29N3. The second kappa shape index (κ2) is 6.17. The average Bonchev–Trinajstić information content (AvgIpc) is 2.33. The number of nitrogens with two attached hydrogens (primary N) is 1. The molecule has 0 aromatic heterocycles. The van der Waals surface area contributed by atoms with E-state index in [1.54, 1.807) is 0 Å². The summed E-state index contributed by atoms with van der Waals surface area (Å²) in [6.07, 6.45) is 6.72. The lowest BCUT2D eigenvalue weighted by atomic mass is 9.82. The molecule has 3 heteroatoms. The SMILES string of the molecule is CC1CN(C)CCC1NC1CCCCC1CN. The Kier molecular flexibility index (Phi) is 4.83. The van der Waals surface area contributed by atoms with E-state index in [9.17, 15) is 0 Å². The summed E-state index contributed by atoms with van der Waals surface area (Å²) in [4.78, 5) is 2.45. The van der Waals surface area contributed by atoms with Crippen LogP contribution in [0, 0.1) is 11.8 Å². The Morgan fingerprint density at radius 3 is 2.65 bits per heavy atom. The molecule has 1 aliphatic heterocycles. The number of nitrogens with zero attached hydrogens (tertiary/aromatic N) is 1. The van der Waals surface area contributed by atoms with Gasteiger partial charge in [0.2, 0.25) is 0 Å². The Hall–Kier alpha value is -0.120. The van der Waals surface area contributed by atoms with Gasteiger partial charge in [-0.1, -0.05) is 19.8 Å². The Bertz CT molecular complexity index is 232. The van der Waals surface area contributed by atoms with Gasteiger partial charge in [0.15, 0.2) is 0 Å². The van der Waals surface area contributed by atoms with Gasteiger partial charge in [-0.05, 0) is 51.2 Å². The van der Waals surface area contributed by atoms with Crippen molar-refractivity contribution in [2.75, 3.05) is 26.7 Å². The molecule has 1 heterocycles. The summed E-state index contributed by atoms with van der Waals surface area (Å²) in [6.45, 7) is 5.71. The fourth-order valence-electron chi connectivity index (χ4n) is 3.59. The van der Waals surface area contributed by atoms with Crippen LogP contribution in [-0.4, -0.2) is 43.7 Å². The predicted molar refractivity (Wildman–Crippen MR) is 73.0 cm³/mol. The highest BCUT2D eigenvalue weighted by molar-refractivity contribution is 4.88. The van der Waals surface area contributed by atoms with E-state index in [1.165, 1.54) is 45.2 Å². The van der Waals surface area contributed by atoms with E-state index in [2.05, 4.69) is 24.2 Å². The Balaban J connectivity index is 1.86. The van der Waals surface area contributed by atoms with Gasteiger partial charge in [0.05, 0.1) is 0 Å². The molecule has 0 aromatic carbocycles. The molecule has 0 amide bonds. The summed E-state index contributed by atoms with van der Waals surface area (Å²) < 4.78 is 0. The number of rotatable bonds is 3. The molecule has 4 atom stereocenters. The first-order valence-corrected chi connectivity index (χ1v) is 7.35. The van der Waals surface area contributed by atoms with Crippen molar-refractivity contribution in [3.63, 3.8) is 0 Å². The van der Waals surface area contributed by atoms with Crippen LogP contribution >= 0.6 is 0 Å². The molecule has 1 saturated carbocycles. The summed E-state index contributed by atoms with van der Waals surface area (Å²) in [5.74, 6) is 1.49. The molecule has 2 rings (SSSR count). The highest BCUT2D eigenvalue weighted by Crippen LogP contribution is 2.26. The summed E-state index contributed by atoms with van der Waals surface area (Å²) >= 11 is 0. The van der Waals surface area contributed by atoms with Crippen molar-refractivity contribution < 1.29 is 0 Å². The van der Waals surface area contributed by atoms with Crippen molar-refractivity contribution in [1.29, 1.82) is 0 Å². The molecule has 0 spiro atoms. The van der Waals surface area contributed by atoms with E-state index in [-0.39, 0.29) is 0 Å². The largest absolute Gasteiger partial charge is 0.330 e. The third kappa shape index (κ3) is 3.43. The molecule has 3 nitrogen and oxygen atoms in total. The van der Waals surface area contributed by atoms with Crippen molar-refractivity contribution in [3.8, 4) is 0 Å². The maximum absolute atomic E-state index is 5.91. The average molecular weight is 239 g/mol. The first-order chi connectivity index (χ1) is 8.20. The van der Waals surface area contributed by atoms with Crippen molar-refractivity contribution in [2.45, 2.75) is 51.1 Å². The lowest BCUT2D eigenvalue weighted by Gasteiger charge is -2.40. The fraction of sp³-hybridized carbons (Fsp3) is 1.00. The van der Waals surface area contributed by atoms with Gasteiger partial charge in [-0.15, -0.1) is 0 Å². The maximum Gasteiger partial charge on any atom is 0.0120 e. The van der Waals surface area contributed by atoms with Crippen LogP contribution in [0.4, 0.5) is 0 Å². The zero-order valence-corrected chi connectivity index (χ0v) is 11.5. The van der Waals surface area contributed by atoms with Gasteiger partial charge in [0.1, 0.15) is 0 Å². The normalized spacial score (nSPS) is 40.4. The molecule has 100 valence electrons. The molecule has 2 aliphatic rings. The first-order valence-electron chi connectivity index (χ1n) is 7.35. The Morgan fingerprint density at radius 1 is 1.18 bits per heavy atom. The maximum atomic E-state index is 5.91.